The van der Waals surface area contributed by atoms with Crippen LogP contribution in [-0.4, -0.2) is 6.54 Å². The number of para-hydroxylation sites is 1. The second-order valence-electron chi connectivity index (χ2n) is 5.14. The van der Waals surface area contributed by atoms with E-state index in [0.717, 1.165) is 19.5 Å². The van der Waals surface area contributed by atoms with Crippen LogP contribution in [0.5, 0.6) is 0 Å². The van der Waals surface area contributed by atoms with E-state index < -0.39 is 0 Å². The number of hydrogen-bond donors (Lipinski definition) is 2. The van der Waals surface area contributed by atoms with Gasteiger partial charge >= 0.3 is 0 Å². The highest BCUT2D eigenvalue weighted by molar-refractivity contribution is 5.61. The van der Waals surface area contributed by atoms with Crippen molar-refractivity contribution in [3.8, 4) is 0 Å². The van der Waals surface area contributed by atoms with E-state index >= 15 is 0 Å². The van der Waals surface area contributed by atoms with Crippen LogP contribution in [0.1, 0.15) is 29.7 Å². The average Bonchev–Trinajstić information content (AvgIpc) is 2.94. The van der Waals surface area contributed by atoms with E-state index in [4.69, 9.17) is 0 Å². The summed E-state index contributed by atoms with van der Waals surface area (Å²) >= 11 is 0. The van der Waals surface area contributed by atoms with Gasteiger partial charge in [-0.15, -0.1) is 0 Å². The maximum absolute atomic E-state index is 3.60. The molecular weight excluding hydrogens is 232 g/mol. The van der Waals surface area contributed by atoms with E-state index in [0.29, 0.717) is 6.04 Å². The van der Waals surface area contributed by atoms with Gasteiger partial charge in [-0.3, -0.25) is 0 Å². The Morgan fingerprint density at radius 3 is 2.79 bits per heavy atom. The number of anilines is 1. The minimum Gasteiger partial charge on any atom is -0.384 e. The third kappa shape index (κ3) is 2.64. The Bertz CT molecular complexity index is 548. The summed E-state index contributed by atoms with van der Waals surface area (Å²) in [5.74, 6) is 0. The van der Waals surface area contributed by atoms with Crippen LogP contribution in [0.2, 0.25) is 0 Å². The molecule has 1 atom stereocenters. The molecule has 19 heavy (non-hydrogen) atoms. The normalized spacial score (nSPS) is 14.8. The Balaban J connectivity index is 1.69. The van der Waals surface area contributed by atoms with E-state index in [9.17, 15) is 0 Å². The Morgan fingerprint density at radius 2 is 1.95 bits per heavy atom. The Labute approximate surface area is 114 Å². The van der Waals surface area contributed by atoms with Gasteiger partial charge in [-0.1, -0.05) is 48.5 Å². The lowest BCUT2D eigenvalue weighted by Gasteiger charge is -2.16. The fourth-order valence-electron chi connectivity index (χ4n) is 2.68. The summed E-state index contributed by atoms with van der Waals surface area (Å²) in [5.41, 5.74) is 5.50. The molecule has 2 N–H and O–H groups in total. The van der Waals surface area contributed by atoms with Crippen molar-refractivity contribution in [1.82, 2.24) is 5.32 Å². The van der Waals surface area contributed by atoms with Crippen molar-refractivity contribution in [2.75, 3.05) is 11.9 Å². The van der Waals surface area contributed by atoms with Gasteiger partial charge in [-0.25, -0.2) is 0 Å². The van der Waals surface area contributed by atoms with Crippen LogP contribution in [-0.2, 0) is 13.0 Å². The van der Waals surface area contributed by atoms with Crippen molar-refractivity contribution in [2.24, 2.45) is 0 Å². The summed E-state index contributed by atoms with van der Waals surface area (Å²) in [6.45, 7) is 4.19. The van der Waals surface area contributed by atoms with Crippen LogP contribution in [0, 0.1) is 0 Å². The zero-order chi connectivity index (χ0) is 13.1. The van der Waals surface area contributed by atoms with Crippen LogP contribution in [0.25, 0.3) is 0 Å². The summed E-state index contributed by atoms with van der Waals surface area (Å²) in [4.78, 5) is 0. The van der Waals surface area contributed by atoms with Gasteiger partial charge in [0.05, 0.1) is 0 Å². The molecule has 0 saturated heterocycles. The van der Waals surface area contributed by atoms with Crippen LogP contribution in [0.3, 0.4) is 0 Å². The molecule has 0 saturated carbocycles. The molecule has 2 aromatic rings. The molecule has 3 rings (SSSR count). The van der Waals surface area contributed by atoms with Crippen LogP contribution < -0.4 is 10.6 Å². The number of fused-ring (bicyclic) bond motifs is 1. The zero-order valence-corrected chi connectivity index (χ0v) is 11.3. The molecule has 0 amide bonds. The standard InChI is InChI=1S/C17H20N2/c1-13(14-6-3-2-4-7-14)19-12-16-9-5-8-15-10-11-18-17(15)16/h2-9,13,18-19H,10-12H2,1H3. The van der Waals surface area contributed by atoms with E-state index in [-0.39, 0.29) is 0 Å². The number of rotatable bonds is 4. The monoisotopic (exact) mass is 252 g/mol. The lowest BCUT2D eigenvalue weighted by Crippen LogP contribution is -2.18. The quantitative estimate of drug-likeness (QED) is 0.870. The Hall–Kier alpha value is -1.80. The van der Waals surface area contributed by atoms with Gasteiger partial charge in [-0.2, -0.15) is 0 Å². The minimum absolute atomic E-state index is 0.374. The molecule has 0 radical (unpaired) electrons. The van der Waals surface area contributed by atoms with Gasteiger partial charge in [0, 0.05) is 24.8 Å². The van der Waals surface area contributed by atoms with E-state index in [1.54, 1.807) is 0 Å². The minimum atomic E-state index is 0.374. The highest BCUT2D eigenvalue weighted by Crippen LogP contribution is 2.26. The first-order chi connectivity index (χ1) is 9.34. The van der Waals surface area contributed by atoms with E-state index in [2.05, 4.69) is 66.1 Å². The first-order valence-electron chi connectivity index (χ1n) is 6.97. The van der Waals surface area contributed by atoms with Crippen molar-refractivity contribution in [1.29, 1.82) is 0 Å². The number of benzene rings is 2. The highest BCUT2D eigenvalue weighted by atomic mass is 14.9. The van der Waals surface area contributed by atoms with Crippen LogP contribution in [0.4, 0.5) is 5.69 Å². The number of nitrogens with one attached hydrogen (secondary N) is 2. The van der Waals surface area contributed by atoms with Crippen molar-refractivity contribution >= 4 is 5.69 Å². The maximum atomic E-state index is 3.60. The molecule has 0 fully saturated rings. The summed E-state index contributed by atoms with van der Waals surface area (Å²) in [7, 11) is 0. The average molecular weight is 252 g/mol. The fraction of sp³-hybridized carbons (Fsp3) is 0.294. The van der Waals surface area contributed by atoms with Gasteiger partial charge in [0.2, 0.25) is 0 Å². The lowest BCUT2D eigenvalue weighted by atomic mass is 10.1. The van der Waals surface area contributed by atoms with Crippen molar-refractivity contribution in [3.63, 3.8) is 0 Å². The topological polar surface area (TPSA) is 24.1 Å². The molecule has 1 aliphatic heterocycles. The van der Waals surface area contributed by atoms with Crippen molar-refractivity contribution < 1.29 is 0 Å². The predicted octanol–water partition coefficient (Wildman–Crippen LogP) is 3.51. The largest absolute Gasteiger partial charge is 0.384 e. The molecule has 0 spiro atoms. The molecular formula is C17H20N2. The molecule has 0 bridgehead atoms. The molecule has 0 aromatic heterocycles. The van der Waals surface area contributed by atoms with Crippen LogP contribution in [0.15, 0.2) is 48.5 Å². The third-order valence-electron chi connectivity index (χ3n) is 3.83. The molecule has 1 unspecified atom stereocenters. The molecule has 0 aliphatic carbocycles. The maximum Gasteiger partial charge on any atom is 0.0419 e. The fourth-order valence-corrected chi connectivity index (χ4v) is 2.68. The molecule has 98 valence electrons. The van der Waals surface area contributed by atoms with Gasteiger partial charge in [0.15, 0.2) is 0 Å². The molecule has 1 aliphatic rings. The molecule has 2 nitrogen and oxygen atoms in total. The summed E-state index contributed by atoms with van der Waals surface area (Å²) in [6.07, 6.45) is 1.15. The third-order valence-corrected chi connectivity index (χ3v) is 3.83. The second kappa shape index (κ2) is 5.45. The van der Waals surface area contributed by atoms with E-state index in [1.807, 2.05) is 0 Å². The van der Waals surface area contributed by atoms with E-state index in [1.165, 1.54) is 22.4 Å². The van der Waals surface area contributed by atoms with Crippen molar-refractivity contribution in [3.05, 3.63) is 65.2 Å². The Kier molecular flexibility index (Phi) is 3.51. The van der Waals surface area contributed by atoms with Crippen molar-refractivity contribution in [2.45, 2.75) is 25.9 Å². The first kappa shape index (κ1) is 12.2. The van der Waals surface area contributed by atoms with Gasteiger partial charge in [0.25, 0.3) is 0 Å². The smallest absolute Gasteiger partial charge is 0.0419 e. The zero-order valence-electron chi connectivity index (χ0n) is 11.3. The predicted molar refractivity (Wildman–Crippen MR) is 80.3 cm³/mol. The summed E-state index contributed by atoms with van der Waals surface area (Å²) in [5, 5.41) is 7.10. The summed E-state index contributed by atoms with van der Waals surface area (Å²) < 4.78 is 0. The molecule has 1 heterocycles. The second-order valence-corrected chi connectivity index (χ2v) is 5.14. The Morgan fingerprint density at radius 1 is 1.11 bits per heavy atom. The molecule has 2 aromatic carbocycles. The van der Waals surface area contributed by atoms with Gasteiger partial charge in [-0.05, 0) is 30.0 Å². The molecule has 2 heteroatoms. The summed E-state index contributed by atoms with van der Waals surface area (Å²) in [6, 6.07) is 17.6. The number of hydrogen-bond acceptors (Lipinski definition) is 2. The highest BCUT2D eigenvalue weighted by Gasteiger charge is 2.13. The SMILES string of the molecule is CC(NCc1cccc2c1NCC2)c1ccccc1. The first-order valence-corrected chi connectivity index (χ1v) is 6.97. The van der Waals surface area contributed by atoms with Crippen LogP contribution >= 0.6 is 0 Å². The lowest BCUT2D eigenvalue weighted by molar-refractivity contribution is 0.575. The van der Waals surface area contributed by atoms with Gasteiger partial charge < -0.3 is 10.6 Å². The van der Waals surface area contributed by atoms with Gasteiger partial charge in [0.1, 0.15) is 0 Å².